The fourth-order valence-electron chi connectivity index (χ4n) is 0. The van der Waals surface area contributed by atoms with Crippen LogP contribution in [0.1, 0.15) is 0 Å². The van der Waals surface area contributed by atoms with Crippen LogP contribution in [0.4, 0.5) is 0 Å². The van der Waals surface area contributed by atoms with Gasteiger partial charge in [-0.15, -0.1) is 0 Å². The first-order valence-corrected chi connectivity index (χ1v) is 9.00. The second kappa shape index (κ2) is 1.91. The Hall–Kier alpha value is 0.636. The molecule has 24 valence electrons. The molecule has 0 spiro atoms. The van der Waals surface area contributed by atoms with Gasteiger partial charge in [-0.2, -0.15) is 0 Å². The first-order valence-electron chi connectivity index (χ1n) is 1.73. The minimum absolute atomic E-state index is 0.479. The number of rotatable bonds is 0. The first kappa shape index (κ1) is 4.64. The third kappa shape index (κ3) is 17.4. The monoisotopic (exact) mass is 49.1 g/mol. The Morgan fingerprint density at radius 1 is 1.00 bits per heavy atom. The van der Waals surface area contributed by atoms with E-state index in [1.807, 2.05) is 0 Å². The third-order valence-electron chi connectivity index (χ3n) is 0. The molecule has 0 atom stereocenters. The van der Waals surface area contributed by atoms with Gasteiger partial charge in [-0.05, 0) is 0 Å². The Kier molecular flexibility index (Phi) is 2.22. The fraction of sp³-hybridized carbons (Fsp3) is 1.00. The van der Waals surface area contributed by atoms with Gasteiger partial charge in [0.1, 0.15) is 0 Å². The average Bonchev–Trinajstić information content (AvgIpc) is 0.811. The Labute approximate surface area is 33.2 Å². The van der Waals surface area contributed by atoms with Crippen LogP contribution in [0.25, 0.3) is 0 Å². The van der Waals surface area contributed by atoms with Gasteiger partial charge in [-0.1, -0.05) is 0 Å². The molecule has 0 saturated heterocycles. The molecule has 0 aromatic heterocycles. The molecule has 0 bridgehead atoms. The van der Waals surface area contributed by atoms with Crippen LogP contribution in [0.15, 0.2) is 0 Å². The predicted molar refractivity (Wildman–Crippen MR) is 23.3 cm³/mol. The van der Waals surface area contributed by atoms with Gasteiger partial charge in [-0.3, -0.25) is 0 Å². The van der Waals surface area contributed by atoms with E-state index in [-0.39, 0.29) is 0 Å². The van der Waals surface area contributed by atoms with Crippen molar-refractivity contribution >= 4 is 16.2 Å². The molecule has 0 fully saturated rings. The van der Waals surface area contributed by atoms with Crippen LogP contribution < -0.4 is 0 Å². The fourth-order valence-corrected chi connectivity index (χ4v) is 0. The van der Waals surface area contributed by atoms with Gasteiger partial charge >= 0.3 is 32.7 Å². The minimum atomic E-state index is -0.479. The summed E-state index contributed by atoms with van der Waals surface area (Å²) in [5, 5.41) is 0. The van der Waals surface area contributed by atoms with Crippen LogP contribution in [-0.2, 0) is 0 Å². The van der Waals surface area contributed by atoms with Crippen LogP contribution in [0.5, 0.6) is 0 Å². The van der Waals surface area contributed by atoms with E-state index in [1.165, 1.54) is 0 Å². The van der Waals surface area contributed by atoms with Crippen molar-refractivity contribution in [1.29, 1.82) is 0 Å². The molecular formula is C3H9Ga. The Morgan fingerprint density at radius 2 is 1.00 bits per heavy atom. The first-order chi connectivity index (χ1) is 1.73. The van der Waals surface area contributed by atoms with Crippen molar-refractivity contribution in [2.24, 2.45) is 0 Å². The van der Waals surface area contributed by atoms with Gasteiger partial charge in [-0.25, -0.2) is 0 Å². The quantitative estimate of drug-likeness (QED) is 0.363. The van der Waals surface area contributed by atoms with E-state index >= 15 is 0 Å². The second-order valence-electron chi connectivity index (χ2n) is 1.73. The van der Waals surface area contributed by atoms with Crippen molar-refractivity contribution in [2.75, 3.05) is 0 Å². The van der Waals surface area contributed by atoms with Crippen LogP contribution in [0.2, 0.25) is 16.4 Å². The molecule has 0 rings (SSSR count). The average molecular weight is 49.1 g/mol. The van der Waals surface area contributed by atoms with Crippen molar-refractivity contribution < 1.29 is 0 Å². The molecular weight excluding hydrogens is 40.0 g/mol. The summed E-state index contributed by atoms with van der Waals surface area (Å²) in [6.07, 6.45) is 0. The zero-order valence-electron chi connectivity index (χ0n) is 3.58. The predicted octanol–water partition coefficient (Wildman–Crippen LogP) is 1.37. The van der Waals surface area contributed by atoms with Crippen molar-refractivity contribution in [2.45, 2.75) is 16.4 Å². The van der Waals surface area contributed by atoms with Crippen molar-refractivity contribution in [3.63, 3.8) is 0 Å². The van der Waals surface area contributed by atoms with Crippen molar-refractivity contribution in [3.8, 4) is 0 Å². The SMILES string of the molecule is [CH3][4Ga]([CH3])[CH3]. The summed E-state index contributed by atoms with van der Waals surface area (Å²) in [5.74, 6) is 0. The van der Waals surface area contributed by atoms with Gasteiger partial charge in [0.2, 0.25) is 0 Å². The summed E-state index contributed by atoms with van der Waals surface area (Å²) in [6, 6.07) is 0. The molecule has 0 saturated carbocycles. The summed E-state index contributed by atoms with van der Waals surface area (Å²) in [7, 11) is 0. The molecule has 0 aliphatic heterocycles. The molecule has 0 aliphatic carbocycles. The van der Waals surface area contributed by atoms with E-state index in [0.717, 1.165) is 0 Å². The van der Waals surface area contributed by atoms with Crippen LogP contribution in [0.3, 0.4) is 0 Å². The second-order valence-corrected chi connectivity index (χ2v) is 9.00. The van der Waals surface area contributed by atoms with Gasteiger partial charge in [0, 0.05) is 0 Å². The zero-order valence-corrected chi connectivity index (χ0v) is 6.00. The topological polar surface area (TPSA) is 0 Å². The van der Waals surface area contributed by atoms with Crippen molar-refractivity contribution in [3.05, 3.63) is 0 Å². The third-order valence-corrected chi connectivity index (χ3v) is 0. The van der Waals surface area contributed by atoms with Gasteiger partial charge in [0.15, 0.2) is 0 Å². The van der Waals surface area contributed by atoms with Crippen molar-refractivity contribution in [1.82, 2.24) is 0 Å². The molecule has 0 unspecified atom stereocenters. The van der Waals surface area contributed by atoms with Crippen LogP contribution in [-0.4, -0.2) is 16.2 Å². The van der Waals surface area contributed by atoms with Gasteiger partial charge in [0.05, 0.1) is 0 Å². The molecule has 1 heteroatoms. The molecule has 0 radical (unpaired) electrons. The number of hydrogen-bond acceptors (Lipinski definition) is 0. The number of hydrogen-bond donors (Lipinski definition) is 0. The molecule has 0 aromatic rings. The Balaban J connectivity index is 2.32. The molecule has 0 nitrogen and oxygen atoms in total. The van der Waals surface area contributed by atoms with E-state index in [4.69, 9.17) is 0 Å². The summed E-state index contributed by atoms with van der Waals surface area (Å²) >= 11 is -0.479. The standard InChI is InChI=1S/3CH3.Ga/h3*1H3;/i;;;1-66. The molecule has 0 aliphatic rings. The van der Waals surface area contributed by atoms with Gasteiger partial charge < -0.3 is 0 Å². The normalized spacial score (nSPS) is 6.75. The maximum absolute atomic E-state index is 2.35. The van der Waals surface area contributed by atoms with E-state index in [1.54, 1.807) is 0 Å². The summed E-state index contributed by atoms with van der Waals surface area (Å²) in [6.45, 7) is 0. The van der Waals surface area contributed by atoms with Crippen LogP contribution in [0, 0.1) is 0 Å². The molecule has 0 N–H and O–H groups in total. The van der Waals surface area contributed by atoms with E-state index in [0.29, 0.717) is 0 Å². The molecule has 0 heterocycles. The van der Waals surface area contributed by atoms with Gasteiger partial charge in [0.25, 0.3) is 0 Å². The maximum atomic E-state index is 2.35. The van der Waals surface area contributed by atoms with E-state index in [9.17, 15) is 0 Å². The van der Waals surface area contributed by atoms with Crippen LogP contribution >= 0.6 is 0 Å². The zero-order chi connectivity index (χ0) is 3.58. The van der Waals surface area contributed by atoms with E-state index < -0.39 is 16.2 Å². The molecule has 0 aromatic carbocycles. The summed E-state index contributed by atoms with van der Waals surface area (Å²) in [4.78, 5) is 0. The molecule has 4 heavy (non-hydrogen) atoms. The molecule has 0 amide bonds. The Morgan fingerprint density at radius 3 is 1.00 bits per heavy atom. The summed E-state index contributed by atoms with van der Waals surface area (Å²) in [5.41, 5.74) is 7.06. The van der Waals surface area contributed by atoms with E-state index in [2.05, 4.69) is 16.4 Å². The Bertz CT molecular complexity index is 8.00. The summed E-state index contributed by atoms with van der Waals surface area (Å²) < 4.78 is 0.